The molecule has 96 valence electrons. The van der Waals surface area contributed by atoms with Crippen molar-refractivity contribution in [3.05, 3.63) is 36.2 Å². The van der Waals surface area contributed by atoms with E-state index in [-0.39, 0.29) is 5.69 Å². The lowest BCUT2D eigenvalue weighted by molar-refractivity contribution is 0.0690. The summed E-state index contributed by atoms with van der Waals surface area (Å²) in [7, 11) is 1.60. The molecule has 3 aromatic rings. The van der Waals surface area contributed by atoms with Crippen molar-refractivity contribution < 1.29 is 14.6 Å². The van der Waals surface area contributed by atoms with Crippen LogP contribution in [0.15, 0.2) is 30.5 Å². The molecule has 1 aromatic carbocycles. The average Bonchev–Trinajstić information content (AvgIpc) is 3.05. The monoisotopic (exact) mass is 257 g/mol. The molecule has 0 radical (unpaired) electrons. The van der Waals surface area contributed by atoms with Crippen LogP contribution >= 0.6 is 0 Å². The number of carbonyl (C=O) groups is 1. The molecule has 0 spiro atoms. The van der Waals surface area contributed by atoms with Crippen LogP contribution in [0.1, 0.15) is 10.5 Å². The van der Waals surface area contributed by atoms with E-state index >= 15 is 0 Å². The maximum atomic E-state index is 10.8. The first-order valence-electron chi connectivity index (χ1n) is 5.63. The molecule has 0 bridgehead atoms. The topological polar surface area (TPSA) is 91.0 Å². The lowest BCUT2D eigenvalue weighted by Gasteiger charge is -2.04. The maximum Gasteiger partial charge on any atom is 0.353 e. The summed E-state index contributed by atoms with van der Waals surface area (Å²) < 4.78 is 5.33. The lowest BCUT2D eigenvalue weighted by atomic mass is 10.1. The molecule has 0 saturated heterocycles. The van der Waals surface area contributed by atoms with E-state index in [2.05, 4.69) is 15.2 Å². The smallest absolute Gasteiger partial charge is 0.353 e. The Bertz CT molecular complexity index is 757. The third-order valence-corrected chi connectivity index (χ3v) is 2.95. The first-order valence-corrected chi connectivity index (χ1v) is 5.63. The molecule has 0 aliphatic rings. The third-order valence-electron chi connectivity index (χ3n) is 2.95. The number of aromatic nitrogens is 3. The van der Waals surface area contributed by atoms with Crippen LogP contribution in [-0.2, 0) is 0 Å². The van der Waals surface area contributed by atoms with Crippen molar-refractivity contribution in [1.29, 1.82) is 0 Å². The molecule has 0 aliphatic carbocycles. The van der Waals surface area contributed by atoms with Crippen LogP contribution in [0.25, 0.3) is 22.2 Å². The van der Waals surface area contributed by atoms with Gasteiger partial charge in [-0.05, 0) is 24.3 Å². The molecular formula is C13H11N3O3. The Labute approximate surface area is 108 Å². The highest BCUT2D eigenvalue weighted by Gasteiger charge is 2.12. The number of nitrogens with zero attached hydrogens (tertiary/aromatic N) is 1. The van der Waals surface area contributed by atoms with Gasteiger partial charge in [0.05, 0.1) is 12.8 Å². The Morgan fingerprint density at radius 3 is 2.89 bits per heavy atom. The molecule has 6 heteroatoms. The third kappa shape index (κ3) is 1.83. The molecule has 2 heterocycles. The predicted octanol–water partition coefficient (Wildman–Crippen LogP) is 2.26. The van der Waals surface area contributed by atoms with Gasteiger partial charge in [-0.3, -0.25) is 5.10 Å². The molecule has 6 nitrogen and oxygen atoms in total. The van der Waals surface area contributed by atoms with Gasteiger partial charge in [-0.1, -0.05) is 0 Å². The number of carboxylic acid groups (broad SMARTS) is 1. The summed E-state index contributed by atoms with van der Waals surface area (Å²) in [5, 5.41) is 16.3. The zero-order valence-electron chi connectivity index (χ0n) is 10.1. The van der Waals surface area contributed by atoms with Crippen LogP contribution < -0.4 is 4.74 Å². The minimum Gasteiger partial charge on any atom is -0.496 e. The number of hydrogen-bond donors (Lipinski definition) is 3. The number of fused-ring (bicyclic) bond motifs is 1. The van der Waals surface area contributed by atoms with Crippen molar-refractivity contribution in [1.82, 2.24) is 15.2 Å². The summed E-state index contributed by atoms with van der Waals surface area (Å²) in [6, 6.07) is 7.15. The van der Waals surface area contributed by atoms with E-state index in [1.165, 1.54) is 6.07 Å². The normalized spacial score (nSPS) is 10.8. The number of ether oxygens (including phenoxy) is 1. The molecular weight excluding hydrogens is 246 g/mol. The van der Waals surface area contributed by atoms with E-state index < -0.39 is 5.97 Å². The van der Waals surface area contributed by atoms with Gasteiger partial charge in [0.2, 0.25) is 0 Å². The molecule has 0 aliphatic heterocycles. The van der Waals surface area contributed by atoms with Gasteiger partial charge in [-0.2, -0.15) is 5.10 Å². The van der Waals surface area contributed by atoms with Crippen molar-refractivity contribution >= 4 is 16.9 Å². The minimum absolute atomic E-state index is 0.0561. The van der Waals surface area contributed by atoms with Crippen molar-refractivity contribution in [2.24, 2.45) is 0 Å². The molecule has 0 saturated carbocycles. The van der Waals surface area contributed by atoms with Crippen LogP contribution in [0.2, 0.25) is 0 Å². The van der Waals surface area contributed by atoms with Gasteiger partial charge in [0.25, 0.3) is 0 Å². The zero-order chi connectivity index (χ0) is 13.4. The highest BCUT2D eigenvalue weighted by molar-refractivity contribution is 5.91. The number of hydrogen-bond acceptors (Lipinski definition) is 3. The lowest BCUT2D eigenvalue weighted by Crippen LogP contribution is -1.95. The Morgan fingerprint density at radius 1 is 1.37 bits per heavy atom. The summed E-state index contributed by atoms with van der Waals surface area (Å²) >= 11 is 0. The average molecular weight is 257 g/mol. The molecule has 0 atom stereocenters. The van der Waals surface area contributed by atoms with Gasteiger partial charge in [0.15, 0.2) is 0 Å². The summed E-state index contributed by atoms with van der Waals surface area (Å²) in [6.45, 7) is 0. The quantitative estimate of drug-likeness (QED) is 0.671. The maximum absolute atomic E-state index is 10.8. The van der Waals surface area contributed by atoms with Crippen molar-refractivity contribution in [2.75, 3.05) is 7.11 Å². The standard InChI is InChI=1S/C13H11N3O3/c1-19-12-5-7(4-10-8(12)2-3-14-10)9-6-11(13(17)18)16-15-9/h2-6,14H,1H3,(H,15,16)(H,17,18). The Kier molecular flexibility index (Phi) is 2.49. The Balaban J connectivity index is 2.15. The molecule has 0 amide bonds. The van der Waals surface area contributed by atoms with E-state index in [4.69, 9.17) is 9.84 Å². The Hall–Kier alpha value is -2.76. The van der Waals surface area contributed by atoms with Crippen LogP contribution in [0, 0.1) is 0 Å². The first-order chi connectivity index (χ1) is 9.19. The largest absolute Gasteiger partial charge is 0.496 e. The van der Waals surface area contributed by atoms with Crippen LogP contribution in [0.4, 0.5) is 0 Å². The SMILES string of the molecule is COc1cc(-c2cc(C(=O)O)[nH]n2)cc2[nH]ccc12. The molecule has 3 rings (SSSR count). The number of methoxy groups -OCH3 is 1. The molecule has 2 aromatic heterocycles. The Morgan fingerprint density at radius 2 is 2.21 bits per heavy atom. The van der Waals surface area contributed by atoms with Gasteiger partial charge in [0, 0.05) is 22.7 Å². The second kappa shape index (κ2) is 4.16. The van der Waals surface area contributed by atoms with Gasteiger partial charge >= 0.3 is 5.97 Å². The van der Waals surface area contributed by atoms with Crippen molar-refractivity contribution in [3.63, 3.8) is 0 Å². The van der Waals surface area contributed by atoms with Crippen LogP contribution in [0.3, 0.4) is 0 Å². The van der Waals surface area contributed by atoms with E-state index in [0.29, 0.717) is 11.4 Å². The van der Waals surface area contributed by atoms with Gasteiger partial charge < -0.3 is 14.8 Å². The number of H-pyrrole nitrogens is 2. The van der Waals surface area contributed by atoms with E-state index in [1.807, 2.05) is 24.4 Å². The van der Waals surface area contributed by atoms with E-state index in [1.54, 1.807) is 7.11 Å². The summed E-state index contributed by atoms with van der Waals surface area (Å²) in [6.07, 6.45) is 1.82. The first kappa shape index (κ1) is 11.3. The fraction of sp³-hybridized carbons (Fsp3) is 0.0769. The molecule has 0 unspecified atom stereocenters. The summed E-state index contributed by atoms with van der Waals surface area (Å²) in [5.74, 6) is -0.319. The number of benzene rings is 1. The molecule has 0 fully saturated rings. The fourth-order valence-corrected chi connectivity index (χ4v) is 2.03. The number of nitrogens with one attached hydrogen (secondary N) is 2. The highest BCUT2D eigenvalue weighted by atomic mass is 16.5. The number of aromatic amines is 2. The highest BCUT2D eigenvalue weighted by Crippen LogP contribution is 2.31. The fourth-order valence-electron chi connectivity index (χ4n) is 2.03. The number of carboxylic acids is 1. The van der Waals surface area contributed by atoms with Crippen molar-refractivity contribution in [2.45, 2.75) is 0 Å². The van der Waals surface area contributed by atoms with Crippen molar-refractivity contribution in [3.8, 4) is 17.0 Å². The molecule has 19 heavy (non-hydrogen) atoms. The summed E-state index contributed by atoms with van der Waals surface area (Å²) in [4.78, 5) is 13.9. The van der Waals surface area contributed by atoms with Crippen LogP contribution in [0.5, 0.6) is 5.75 Å². The predicted molar refractivity (Wildman–Crippen MR) is 69.4 cm³/mol. The zero-order valence-corrected chi connectivity index (χ0v) is 10.1. The van der Waals surface area contributed by atoms with E-state index in [9.17, 15) is 4.79 Å². The number of aromatic carboxylic acids is 1. The second-order valence-corrected chi connectivity index (χ2v) is 4.09. The summed E-state index contributed by atoms with van der Waals surface area (Å²) in [5.41, 5.74) is 2.32. The van der Waals surface area contributed by atoms with E-state index in [0.717, 1.165) is 16.5 Å². The minimum atomic E-state index is -1.04. The molecule has 3 N–H and O–H groups in total. The van der Waals surface area contributed by atoms with Gasteiger partial charge in [-0.25, -0.2) is 4.79 Å². The van der Waals surface area contributed by atoms with Crippen LogP contribution in [-0.4, -0.2) is 33.4 Å². The number of rotatable bonds is 3. The van der Waals surface area contributed by atoms with Gasteiger partial charge in [-0.15, -0.1) is 0 Å². The van der Waals surface area contributed by atoms with Gasteiger partial charge in [0.1, 0.15) is 11.4 Å². The second-order valence-electron chi connectivity index (χ2n) is 4.09.